The summed E-state index contributed by atoms with van der Waals surface area (Å²) >= 11 is 1.26. The number of hydrogen-bond acceptors (Lipinski definition) is 4. The Kier molecular flexibility index (Phi) is 5.55. The third-order valence-electron chi connectivity index (χ3n) is 4.61. The number of carbonyl (C=O) groups is 3. The van der Waals surface area contributed by atoms with Gasteiger partial charge in [0.05, 0.1) is 11.3 Å². The van der Waals surface area contributed by atoms with E-state index in [2.05, 4.69) is 5.32 Å². The molecular formula is C19H19FN2O4S. The first-order valence-corrected chi connectivity index (χ1v) is 9.42. The number of likely N-dealkylation sites (tertiary alicyclic amines) is 1. The van der Waals surface area contributed by atoms with Crippen LogP contribution in [-0.2, 0) is 4.79 Å². The largest absolute Gasteiger partial charge is 0.478 e. The molecule has 2 N–H and O–H groups in total. The lowest BCUT2D eigenvalue weighted by atomic mass is 9.93. The molecule has 1 aliphatic heterocycles. The highest BCUT2D eigenvalue weighted by Gasteiger charge is 2.30. The van der Waals surface area contributed by atoms with Crippen LogP contribution in [0.15, 0.2) is 29.6 Å². The molecule has 27 heavy (non-hydrogen) atoms. The fourth-order valence-electron chi connectivity index (χ4n) is 3.29. The van der Waals surface area contributed by atoms with Gasteiger partial charge in [0, 0.05) is 41.8 Å². The van der Waals surface area contributed by atoms with Crippen LogP contribution in [0.4, 0.5) is 10.1 Å². The van der Waals surface area contributed by atoms with Gasteiger partial charge in [-0.3, -0.25) is 9.59 Å². The van der Waals surface area contributed by atoms with Crippen LogP contribution in [0.2, 0.25) is 0 Å². The van der Waals surface area contributed by atoms with Gasteiger partial charge in [-0.2, -0.15) is 0 Å². The fraction of sp³-hybridized carbons (Fsp3) is 0.316. The second-order valence-electron chi connectivity index (χ2n) is 6.46. The molecule has 2 heterocycles. The van der Waals surface area contributed by atoms with Crippen molar-refractivity contribution in [1.29, 1.82) is 0 Å². The van der Waals surface area contributed by atoms with Crippen LogP contribution in [0.25, 0.3) is 0 Å². The minimum Gasteiger partial charge on any atom is -0.478 e. The second-order valence-corrected chi connectivity index (χ2v) is 7.37. The molecule has 1 aliphatic rings. The first-order chi connectivity index (χ1) is 12.9. The van der Waals surface area contributed by atoms with Crippen LogP contribution < -0.4 is 5.32 Å². The maximum atomic E-state index is 13.3. The molecule has 142 valence electrons. The summed E-state index contributed by atoms with van der Waals surface area (Å²) in [4.78, 5) is 38.2. The molecule has 1 saturated heterocycles. The molecule has 1 fully saturated rings. The third kappa shape index (κ3) is 4.16. The van der Waals surface area contributed by atoms with Gasteiger partial charge in [0.1, 0.15) is 5.82 Å². The lowest BCUT2D eigenvalue weighted by Crippen LogP contribution is -2.37. The molecule has 0 spiro atoms. The Morgan fingerprint density at radius 3 is 2.78 bits per heavy atom. The summed E-state index contributed by atoms with van der Waals surface area (Å²) in [5.74, 6) is -2.37. The van der Waals surface area contributed by atoms with Crippen LogP contribution in [0.5, 0.6) is 0 Å². The Morgan fingerprint density at radius 1 is 1.33 bits per heavy atom. The van der Waals surface area contributed by atoms with Gasteiger partial charge in [0.25, 0.3) is 5.91 Å². The fourth-order valence-corrected chi connectivity index (χ4v) is 4.41. The van der Waals surface area contributed by atoms with E-state index in [1.807, 2.05) is 0 Å². The normalized spacial score (nSPS) is 16.8. The van der Waals surface area contributed by atoms with E-state index in [-0.39, 0.29) is 28.6 Å². The number of nitrogens with zero attached hydrogens (tertiary/aromatic N) is 1. The van der Waals surface area contributed by atoms with Crippen molar-refractivity contribution >= 4 is 34.8 Å². The predicted molar refractivity (Wildman–Crippen MR) is 99.9 cm³/mol. The Balaban J connectivity index is 1.86. The topological polar surface area (TPSA) is 86.7 Å². The van der Waals surface area contributed by atoms with E-state index in [4.69, 9.17) is 0 Å². The van der Waals surface area contributed by atoms with Crippen molar-refractivity contribution < 1.29 is 23.9 Å². The average molecular weight is 390 g/mol. The third-order valence-corrected chi connectivity index (χ3v) is 5.75. The van der Waals surface area contributed by atoms with Crippen molar-refractivity contribution in [3.8, 4) is 0 Å². The summed E-state index contributed by atoms with van der Waals surface area (Å²) in [7, 11) is 0. The molecule has 3 rings (SSSR count). The monoisotopic (exact) mass is 390 g/mol. The smallest absolute Gasteiger partial charge is 0.338 e. The zero-order valence-corrected chi connectivity index (χ0v) is 15.5. The molecule has 1 unspecified atom stereocenters. The van der Waals surface area contributed by atoms with Gasteiger partial charge in [0.2, 0.25) is 5.91 Å². The Bertz CT molecular complexity index is 896. The van der Waals surface area contributed by atoms with Gasteiger partial charge in [-0.15, -0.1) is 11.3 Å². The van der Waals surface area contributed by atoms with Crippen molar-refractivity contribution in [2.75, 3.05) is 18.4 Å². The van der Waals surface area contributed by atoms with Crippen LogP contribution >= 0.6 is 11.3 Å². The quantitative estimate of drug-likeness (QED) is 0.836. The van der Waals surface area contributed by atoms with E-state index in [0.29, 0.717) is 18.0 Å². The average Bonchev–Trinajstić information content (AvgIpc) is 3.05. The SMILES string of the molecule is CC(=O)N1CCCC(c2scc(NC(=O)c3cccc(F)c3)c2C(=O)O)C1. The number of amides is 2. The lowest BCUT2D eigenvalue weighted by molar-refractivity contribution is -0.130. The number of carbonyl (C=O) groups excluding carboxylic acids is 2. The molecule has 8 heteroatoms. The number of anilines is 1. The summed E-state index contributed by atoms with van der Waals surface area (Å²) < 4.78 is 13.3. The molecule has 2 aromatic rings. The zero-order valence-electron chi connectivity index (χ0n) is 14.7. The zero-order chi connectivity index (χ0) is 19.6. The summed E-state index contributed by atoms with van der Waals surface area (Å²) in [6.45, 7) is 2.63. The second kappa shape index (κ2) is 7.87. The summed E-state index contributed by atoms with van der Waals surface area (Å²) in [5, 5.41) is 13.8. The molecule has 0 aliphatic carbocycles. The molecule has 6 nitrogen and oxygen atoms in total. The van der Waals surface area contributed by atoms with Crippen molar-refractivity contribution in [1.82, 2.24) is 4.90 Å². The standard InChI is InChI=1S/C19H19FN2O4S/c1-11(23)22-7-3-5-13(9-22)17-16(19(25)26)15(10-27-17)21-18(24)12-4-2-6-14(20)8-12/h2,4,6,8,10,13H,3,5,7,9H2,1H3,(H,21,24)(H,25,26). The van der Waals surface area contributed by atoms with Crippen LogP contribution in [0.1, 0.15) is 51.3 Å². The van der Waals surface area contributed by atoms with E-state index < -0.39 is 17.7 Å². The minimum absolute atomic E-state index is 0.0345. The highest BCUT2D eigenvalue weighted by Crippen LogP contribution is 2.38. The maximum absolute atomic E-state index is 13.3. The van der Waals surface area contributed by atoms with Crippen LogP contribution in [0.3, 0.4) is 0 Å². The van der Waals surface area contributed by atoms with E-state index in [1.165, 1.54) is 36.5 Å². The molecule has 0 saturated carbocycles. The first kappa shape index (κ1) is 19.0. The first-order valence-electron chi connectivity index (χ1n) is 8.54. The number of halogens is 1. The number of thiophene rings is 1. The van der Waals surface area contributed by atoms with Gasteiger partial charge in [-0.25, -0.2) is 9.18 Å². The molecule has 0 radical (unpaired) electrons. The van der Waals surface area contributed by atoms with E-state index >= 15 is 0 Å². The van der Waals surface area contributed by atoms with Crippen LogP contribution in [-0.4, -0.2) is 40.9 Å². The number of benzene rings is 1. The number of piperidine rings is 1. The van der Waals surface area contributed by atoms with Crippen molar-refractivity contribution in [2.45, 2.75) is 25.7 Å². The Morgan fingerprint density at radius 2 is 2.11 bits per heavy atom. The van der Waals surface area contributed by atoms with Gasteiger partial charge < -0.3 is 15.3 Å². The highest BCUT2D eigenvalue weighted by atomic mass is 32.1. The van der Waals surface area contributed by atoms with Crippen LogP contribution in [0, 0.1) is 5.82 Å². The van der Waals surface area contributed by atoms with E-state index in [1.54, 1.807) is 10.3 Å². The molecule has 0 bridgehead atoms. The minimum atomic E-state index is -1.14. The molecule has 2 amide bonds. The molecule has 1 atom stereocenters. The van der Waals surface area contributed by atoms with Crippen molar-refractivity contribution in [3.05, 3.63) is 51.5 Å². The number of carboxylic acids is 1. The van der Waals surface area contributed by atoms with Crippen molar-refractivity contribution in [2.24, 2.45) is 0 Å². The summed E-state index contributed by atoms with van der Waals surface area (Å²) in [6, 6.07) is 5.19. The Labute approximate surface area is 159 Å². The van der Waals surface area contributed by atoms with Gasteiger partial charge in [-0.05, 0) is 31.0 Å². The predicted octanol–water partition coefficient (Wildman–Crippen LogP) is 3.56. The lowest BCUT2D eigenvalue weighted by Gasteiger charge is -2.31. The van der Waals surface area contributed by atoms with Gasteiger partial charge >= 0.3 is 5.97 Å². The number of hydrogen-bond donors (Lipinski definition) is 2. The van der Waals surface area contributed by atoms with Gasteiger partial charge in [-0.1, -0.05) is 6.07 Å². The van der Waals surface area contributed by atoms with E-state index in [9.17, 15) is 23.9 Å². The number of carboxylic acid groups (broad SMARTS) is 1. The van der Waals surface area contributed by atoms with E-state index in [0.717, 1.165) is 18.9 Å². The number of nitrogens with one attached hydrogen (secondary N) is 1. The maximum Gasteiger partial charge on any atom is 0.338 e. The molecule has 1 aromatic heterocycles. The summed E-state index contributed by atoms with van der Waals surface area (Å²) in [5.41, 5.74) is 0.344. The molecule has 1 aromatic carbocycles. The van der Waals surface area contributed by atoms with Gasteiger partial charge in [0.15, 0.2) is 0 Å². The number of rotatable bonds is 4. The molecular weight excluding hydrogens is 371 g/mol. The highest BCUT2D eigenvalue weighted by molar-refractivity contribution is 7.11. The number of aromatic carboxylic acids is 1. The Hall–Kier alpha value is -2.74. The van der Waals surface area contributed by atoms with Crippen molar-refractivity contribution in [3.63, 3.8) is 0 Å². The summed E-state index contributed by atoms with van der Waals surface area (Å²) in [6.07, 6.45) is 1.58.